The van der Waals surface area contributed by atoms with Gasteiger partial charge in [-0.05, 0) is 47.9 Å². The molecule has 1 saturated heterocycles. The summed E-state index contributed by atoms with van der Waals surface area (Å²) >= 11 is 12.1. The van der Waals surface area contributed by atoms with Gasteiger partial charge in [-0.3, -0.25) is 0 Å². The summed E-state index contributed by atoms with van der Waals surface area (Å²) in [4.78, 5) is 25.6. The van der Waals surface area contributed by atoms with Crippen molar-refractivity contribution in [2.45, 2.75) is 30.8 Å². The van der Waals surface area contributed by atoms with Crippen LogP contribution < -0.4 is 0 Å². The summed E-state index contributed by atoms with van der Waals surface area (Å²) < 4.78 is 38.1. The first-order valence-corrected chi connectivity index (χ1v) is 11.9. The zero-order valence-electron chi connectivity index (χ0n) is 19.3. The van der Waals surface area contributed by atoms with Crippen LogP contribution in [-0.4, -0.2) is 42.7 Å². The van der Waals surface area contributed by atoms with Crippen molar-refractivity contribution in [2.24, 2.45) is 0 Å². The van der Waals surface area contributed by atoms with Gasteiger partial charge >= 0.3 is 11.9 Å². The first-order chi connectivity index (χ1) is 17.8. The Labute approximate surface area is 223 Å². The molecule has 37 heavy (non-hydrogen) atoms. The fourth-order valence-corrected chi connectivity index (χ4v) is 4.17. The maximum atomic E-state index is 15.9. The molecule has 9 heteroatoms. The van der Waals surface area contributed by atoms with Crippen molar-refractivity contribution < 1.29 is 32.9 Å². The molecule has 3 aromatic rings. The average Bonchev–Trinajstić information content (AvgIpc) is 3.16. The highest BCUT2D eigenvalue weighted by atomic mass is 35.5. The lowest BCUT2D eigenvalue weighted by Gasteiger charge is -2.29. The van der Waals surface area contributed by atoms with Crippen LogP contribution >= 0.6 is 23.2 Å². The van der Waals surface area contributed by atoms with Crippen molar-refractivity contribution in [1.29, 1.82) is 0 Å². The minimum atomic E-state index is -2.36. The highest BCUT2D eigenvalue weighted by molar-refractivity contribution is 6.35. The Hall–Kier alpha value is -3.41. The minimum Gasteiger partial charge on any atom is -0.432 e. The minimum absolute atomic E-state index is 0.0178. The van der Waals surface area contributed by atoms with Gasteiger partial charge in [0, 0.05) is 10.0 Å². The number of rotatable bonds is 8. The Morgan fingerprint density at radius 2 is 1.59 bits per heavy atom. The number of ether oxygens (including phenoxy) is 4. The van der Waals surface area contributed by atoms with Crippen molar-refractivity contribution >= 4 is 35.1 Å². The molecule has 1 fully saturated rings. The fourth-order valence-electron chi connectivity index (χ4n) is 3.71. The van der Waals surface area contributed by atoms with Crippen LogP contribution in [0.15, 0.2) is 78.9 Å². The molecule has 1 unspecified atom stereocenters. The average molecular weight is 543 g/mol. The van der Waals surface area contributed by atoms with E-state index in [1.165, 1.54) is 24.3 Å². The molecule has 0 spiro atoms. The molecule has 0 bridgehead atoms. The van der Waals surface area contributed by atoms with Crippen molar-refractivity contribution in [3.8, 4) is 12.3 Å². The quantitative estimate of drug-likeness (QED) is 0.270. The summed E-state index contributed by atoms with van der Waals surface area (Å²) in [6, 6.07) is 20.8. The van der Waals surface area contributed by atoms with Gasteiger partial charge in [0.15, 0.2) is 6.17 Å². The molecule has 0 aliphatic carbocycles. The number of halogens is 3. The first kappa shape index (κ1) is 26.6. The summed E-state index contributed by atoms with van der Waals surface area (Å²) in [6.45, 7) is -0.282. The van der Waals surface area contributed by atoms with E-state index in [4.69, 9.17) is 48.6 Å². The van der Waals surface area contributed by atoms with Gasteiger partial charge in [-0.1, -0.05) is 65.7 Å². The lowest BCUT2D eigenvalue weighted by atomic mass is 9.96. The predicted molar refractivity (Wildman–Crippen MR) is 135 cm³/mol. The maximum absolute atomic E-state index is 15.9. The lowest BCUT2D eigenvalue weighted by molar-refractivity contribution is -0.162. The van der Waals surface area contributed by atoms with Crippen LogP contribution in [0, 0.1) is 12.3 Å². The molecule has 3 aromatic carbocycles. The molecule has 4 rings (SSSR count). The second-order valence-electron chi connectivity index (χ2n) is 8.12. The predicted octanol–water partition coefficient (Wildman–Crippen LogP) is 5.66. The number of hydrogen-bond acceptors (Lipinski definition) is 6. The molecule has 0 radical (unpaired) electrons. The van der Waals surface area contributed by atoms with Crippen LogP contribution in [0.1, 0.15) is 26.3 Å². The third-order valence-electron chi connectivity index (χ3n) is 5.66. The molecule has 6 nitrogen and oxygen atoms in total. The zero-order valence-corrected chi connectivity index (χ0v) is 20.8. The number of esters is 2. The van der Waals surface area contributed by atoms with Gasteiger partial charge in [-0.2, -0.15) is 0 Å². The Morgan fingerprint density at radius 1 is 0.973 bits per heavy atom. The van der Waals surface area contributed by atoms with Crippen LogP contribution in [0.3, 0.4) is 0 Å². The normalized spacial score (nSPS) is 22.7. The van der Waals surface area contributed by atoms with E-state index in [1.807, 2.05) is 0 Å². The largest absolute Gasteiger partial charge is 0.432 e. The first-order valence-electron chi connectivity index (χ1n) is 11.2. The van der Waals surface area contributed by atoms with Gasteiger partial charge in [0.05, 0.1) is 24.3 Å². The van der Waals surface area contributed by atoms with Crippen LogP contribution in [0.2, 0.25) is 10.0 Å². The van der Waals surface area contributed by atoms with E-state index in [1.54, 1.807) is 54.6 Å². The Bertz CT molecular complexity index is 1300. The summed E-state index contributed by atoms with van der Waals surface area (Å²) in [6.07, 6.45) is 0.558. The second kappa shape index (κ2) is 11.8. The van der Waals surface area contributed by atoms with Crippen LogP contribution in [-0.2, 0) is 25.6 Å². The van der Waals surface area contributed by atoms with E-state index < -0.39 is 36.1 Å². The number of hydrogen-bond donors (Lipinski definition) is 0. The molecule has 1 aliphatic rings. The molecular weight excluding hydrogens is 522 g/mol. The molecular formula is C28H21Cl2FO6. The van der Waals surface area contributed by atoms with Gasteiger partial charge in [-0.15, -0.1) is 6.42 Å². The summed E-state index contributed by atoms with van der Waals surface area (Å²) in [5.41, 5.74) is -1.43. The third kappa shape index (κ3) is 5.95. The van der Waals surface area contributed by atoms with Crippen LogP contribution in [0.25, 0.3) is 0 Å². The molecule has 0 saturated carbocycles. The maximum Gasteiger partial charge on any atom is 0.340 e. The number of carbonyl (C=O) groups is 2. The number of alkyl halides is 1. The lowest BCUT2D eigenvalue weighted by Crippen LogP contribution is -2.50. The van der Waals surface area contributed by atoms with E-state index in [2.05, 4.69) is 5.92 Å². The number of carbonyl (C=O) groups excluding carboxylic acids is 2. The molecule has 0 aromatic heterocycles. The standard InChI is InChI=1S/C28H21Cl2FO6/c1-2-28(37-26(33)19-11-7-4-8-12-19)24(31)23(17-34-16-20-13-14-21(29)15-22(20)30)35-27(28)36-25(32)18-9-5-3-6-10-18/h1,3-15,23-24,27H,16-17H2/t23-,24-,27?,28-/m1/s1. The van der Waals surface area contributed by atoms with Crippen molar-refractivity contribution in [1.82, 2.24) is 0 Å². The molecule has 1 aliphatic heterocycles. The van der Waals surface area contributed by atoms with Crippen LogP contribution in [0.4, 0.5) is 4.39 Å². The van der Waals surface area contributed by atoms with E-state index >= 15 is 4.39 Å². The molecule has 190 valence electrons. The monoisotopic (exact) mass is 542 g/mol. The highest BCUT2D eigenvalue weighted by Gasteiger charge is 2.62. The van der Waals surface area contributed by atoms with Crippen molar-refractivity contribution in [3.63, 3.8) is 0 Å². The topological polar surface area (TPSA) is 71.1 Å². The van der Waals surface area contributed by atoms with Gasteiger partial charge in [-0.25, -0.2) is 14.0 Å². The molecule has 0 amide bonds. The van der Waals surface area contributed by atoms with E-state index in [0.717, 1.165) is 0 Å². The smallest absolute Gasteiger partial charge is 0.340 e. The zero-order chi connectivity index (χ0) is 26.4. The Kier molecular flexibility index (Phi) is 8.47. The van der Waals surface area contributed by atoms with E-state index in [-0.39, 0.29) is 24.3 Å². The van der Waals surface area contributed by atoms with Gasteiger partial charge in [0.2, 0.25) is 0 Å². The van der Waals surface area contributed by atoms with Crippen molar-refractivity contribution in [3.05, 3.63) is 106 Å². The number of terminal acetylenes is 1. The van der Waals surface area contributed by atoms with E-state index in [0.29, 0.717) is 15.6 Å². The van der Waals surface area contributed by atoms with Gasteiger partial charge in [0.25, 0.3) is 11.9 Å². The van der Waals surface area contributed by atoms with Crippen molar-refractivity contribution in [2.75, 3.05) is 6.61 Å². The Morgan fingerprint density at radius 3 is 2.19 bits per heavy atom. The molecule has 0 N–H and O–H groups in total. The summed E-state index contributed by atoms with van der Waals surface area (Å²) in [5.74, 6) is 0.443. The molecule has 4 atom stereocenters. The number of benzene rings is 3. The third-order valence-corrected chi connectivity index (χ3v) is 6.25. The SMILES string of the molecule is C#C[C@]1(OC(=O)c2ccccc2)C(OC(=O)c2ccccc2)O[C@H](COCc2ccc(Cl)cc2Cl)[C@H]1F. The second-order valence-corrected chi connectivity index (χ2v) is 8.97. The Balaban J connectivity index is 1.55. The van der Waals surface area contributed by atoms with Gasteiger partial charge < -0.3 is 18.9 Å². The fraction of sp³-hybridized carbons (Fsp3) is 0.214. The summed E-state index contributed by atoms with van der Waals surface area (Å²) in [5, 5.41) is 0.833. The summed E-state index contributed by atoms with van der Waals surface area (Å²) in [7, 11) is 0. The molecule has 1 heterocycles. The van der Waals surface area contributed by atoms with Gasteiger partial charge in [0.1, 0.15) is 6.10 Å². The highest BCUT2D eigenvalue weighted by Crippen LogP contribution is 2.39. The van der Waals surface area contributed by atoms with E-state index in [9.17, 15) is 9.59 Å². The van der Waals surface area contributed by atoms with Crippen LogP contribution in [0.5, 0.6) is 0 Å².